The maximum Gasteiger partial charge on any atom is 0.243 e. The largest absolute Gasteiger partial charge is 0.311 e. The standard InChI is InChI=1S/C23H26N6O3S2/c30-22(17-33-23-24-25-26-29(23)16-18-7-3-1-4-8-18)28-14-11-19-15-20(9-10-21(19)28)34(31,32)27-12-5-2-6-13-27/h1,3-4,7-10,15H,2,5-6,11-14,16-17H2. The lowest BCUT2D eigenvalue weighted by atomic mass is 10.2. The van der Waals surface area contributed by atoms with Gasteiger partial charge in [-0.25, -0.2) is 13.1 Å². The Bertz CT molecular complexity index is 1270. The van der Waals surface area contributed by atoms with Gasteiger partial charge in [-0.05, 0) is 59.0 Å². The lowest BCUT2D eigenvalue weighted by molar-refractivity contribution is -0.116. The molecule has 0 unspecified atom stereocenters. The zero-order chi connectivity index (χ0) is 23.5. The van der Waals surface area contributed by atoms with Gasteiger partial charge >= 0.3 is 0 Å². The minimum atomic E-state index is -3.49. The molecule has 5 rings (SSSR count). The van der Waals surface area contributed by atoms with Crippen molar-refractivity contribution < 1.29 is 13.2 Å². The number of amides is 1. The van der Waals surface area contributed by atoms with E-state index in [4.69, 9.17) is 0 Å². The number of anilines is 1. The number of thioether (sulfide) groups is 1. The molecule has 1 aromatic heterocycles. The third-order valence-corrected chi connectivity index (χ3v) is 9.04. The minimum absolute atomic E-state index is 0.0513. The summed E-state index contributed by atoms with van der Waals surface area (Å²) in [5.41, 5.74) is 2.75. The average molecular weight is 499 g/mol. The molecule has 178 valence electrons. The average Bonchev–Trinajstić information content (AvgIpc) is 3.50. The van der Waals surface area contributed by atoms with Gasteiger partial charge in [-0.1, -0.05) is 48.5 Å². The van der Waals surface area contributed by atoms with Crippen LogP contribution in [-0.2, 0) is 27.8 Å². The number of piperidine rings is 1. The first-order chi connectivity index (χ1) is 16.5. The molecule has 0 N–H and O–H groups in total. The second kappa shape index (κ2) is 9.85. The molecule has 0 atom stereocenters. The Kier molecular flexibility index (Phi) is 6.66. The van der Waals surface area contributed by atoms with Crippen LogP contribution >= 0.6 is 11.8 Å². The Balaban J connectivity index is 1.25. The first-order valence-electron chi connectivity index (χ1n) is 11.4. The summed E-state index contributed by atoms with van der Waals surface area (Å²) in [6.45, 7) is 2.22. The van der Waals surface area contributed by atoms with E-state index < -0.39 is 10.0 Å². The summed E-state index contributed by atoms with van der Waals surface area (Å²) in [6.07, 6.45) is 3.52. The van der Waals surface area contributed by atoms with E-state index in [-0.39, 0.29) is 11.7 Å². The zero-order valence-electron chi connectivity index (χ0n) is 18.7. The van der Waals surface area contributed by atoms with Gasteiger partial charge in [0.1, 0.15) is 0 Å². The van der Waals surface area contributed by atoms with Gasteiger partial charge in [0.05, 0.1) is 17.2 Å². The van der Waals surface area contributed by atoms with Crippen LogP contribution in [0.4, 0.5) is 5.69 Å². The minimum Gasteiger partial charge on any atom is -0.311 e. The summed E-state index contributed by atoms with van der Waals surface area (Å²) >= 11 is 1.30. The van der Waals surface area contributed by atoms with E-state index in [1.165, 1.54) is 11.8 Å². The maximum atomic E-state index is 13.0. The number of fused-ring (bicyclic) bond motifs is 1. The summed E-state index contributed by atoms with van der Waals surface area (Å²) in [5.74, 6) is 0.146. The monoisotopic (exact) mass is 498 g/mol. The van der Waals surface area contributed by atoms with Gasteiger partial charge in [0.15, 0.2) is 0 Å². The molecular formula is C23H26N6O3S2. The van der Waals surface area contributed by atoms with Crippen molar-refractivity contribution in [1.29, 1.82) is 0 Å². The number of benzene rings is 2. The summed E-state index contributed by atoms with van der Waals surface area (Å²) < 4.78 is 29.3. The number of rotatable bonds is 7. The predicted octanol–water partition coefficient (Wildman–Crippen LogP) is 2.58. The van der Waals surface area contributed by atoms with E-state index in [0.717, 1.165) is 36.1 Å². The van der Waals surface area contributed by atoms with Crippen molar-refractivity contribution >= 4 is 33.4 Å². The van der Waals surface area contributed by atoms with Crippen molar-refractivity contribution in [1.82, 2.24) is 24.5 Å². The molecule has 0 bridgehead atoms. The molecule has 34 heavy (non-hydrogen) atoms. The number of aromatic nitrogens is 4. The fourth-order valence-corrected chi connectivity index (χ4v) is 6.73. The molecule has 2 aliphatic heterocycles. The van der Waals surface area contributed by atoms with Crippen LogP contribution in [0.5, 0.6) is 0 Å². The molecule has 2 aliphatic rings. The Morgan fingerprint density at radius 1 is 1.00 bits per heavy atom. The van der Waals surface area contributed by atoms with Crippen molar-refractivity contribution in [2.75, 3.05) is 30.3 Å². The highest BCUT2D eigenvalue weighted by Crippen LogP contribution is 2.32. The number of nitrogens with zero attached hydrogens (tertiary/aromatic N) is 6. The molecule has 0 spiro atoms. The van der Waals surface area contributed by atoms with E-state index in [1.807, 2.05) is 30.3 Å². The van der Waals surface area contributed by atoms with Crippen molar-refractivity contribution in [2.24, 2.45) is 0 Å². The normalized spacial score (nSPS) is 16.5. The summed E-state index contributed by atoms with van der Waals surface area (Å²) in [6, 6.07) is 15.0. The first kappa shape index (κ1) is 23.0. The molecule has 0 radical (unpaired) electrons. The quantitative estimate of drug-likeness (QED) is 0.462. The second-order valence-corrected chi connectivity index (χ2v) is 11.3. The third kappa shape index (κ3) is 4.73. The molecule has 2 aromatic carbocycles. The van der Waals surface area contributed by atoms with Crippen LogP contribution in [0, 0.1) is 0 Å². The van der Waals surface area contributed by atoms with E-state index in [1.54, 1.807) is 32.1 Å². The molecule has 3 aromatic rings. The lowest BCUT2D eigenvalue weighted by Crippen LogP contribution is -2.35. The van der Waals surface area contributed by atoms with Crippen LogP contribution in [0.3, 0.4) is 0 Å². The van der Waals surface area contributed by atoms with Crippen molar-refractivity contribution in [2.45, 2.75) is 42.3 Å². The highest BCUT2D eigenvalue weighted by Gasteiger charge is 2.30. The van der Waals surface area contributed by atoms with Gasteiger partial charge in [-0.15, -0.1) is 5.10 Å². The second-order valence-electron chi connectivity index (χ2n) is 8.44. The summed E-state index contributed by atoms with van der Waals surface area (Å²) in [5, 5.41) is 12.4. The van der Waals surface area contributed by atoms with Gasteiger partial charge < -0.3 is 4.90 Å². The number of hydrogen-bond acceptors (Lipinski definition) is 7. The lowest BCUT2D eigenvalue weighted by Gasteiger charge is -2.26. The Labute approximate surface area is 203 Å². The van der Waals surface area contributed by atoms with Crippen LogP contribution in [0.25, 0.3) is 0 Å². The van der Waals surface area contributed by atoms with Crippen LogP contribution in [0.2, 0.25) is 0 Å². The Morgan fingerprint density at radius 3 is 2.59 bits per heavy atom. The van der Waals surface area contributed by atoms with Gasteiger partial charge in [0, 0.05) is 25.3 Å². The third-order valence-electron chi connectivity index (χ3n) is 6.20. The SMILES string of the molecule is O=C(CSc1nnnn1Cc1ccccc1)N1CCc2cc(S(=O)(=O)N3CCCCC3)ccc21. The molecule has 1 fully saturated rings. The predicted molar refractivity (Wildman–Crippen MR) is 129 cm³/mol. The van der Waals surface area contributed by atoms with E-state index in [9.17, 15) is 13.2 Å². The highest BCUT2D eigenvalue weighted by atomic mass is 32.2. The Hall–Kier alpha value is -2.76. The van der Waals surface area contributed by atoms with Crippen LogP contribution < -0.4 is 4.90 Å². The molecule has 3 heterocycles. The molecule has 1 amide bonds. The topological polar surface area (TPSA) is 101 Å². The number of carbonyl (C=O) groups is 1. The maximum absolute atomic E-state index is 13.0. The van der Waals surface area contributed by atoms with Crippen molar-refractivity contribution in [3.05, 3.63) is 59.7 Å². The van der Waals surface area contributed by atoms with Gasteiger partial charge in [0.2, 0.25) is 21.1 Å². The number of tetrazole rings is 1. The van der Waals surface area contributed by atoms with Crippen LogP contribution in [-0.4, -0.2) is 64.2 Å². The number of sulfonamides is 1. The molecular weight excluding hydrogens is 472 g/mol. The highest BCUT2D eigenvalue weighted by molar-refractivity contribution is 7.99. The van der Waals surface area contributed by atoms with Crippen LogP contribution in [0.15, 0.2) is 58.6 Å². The molecule has 1 saturated heterocycles. The number of hydrogen-bond donors (Lipinski definition) is 0. The van der Waals surface area contributed by atoms with E-state index >= 15 is 0 Å². The number of carbonyl (C=O) groups excluding carboxylic acids is 1. The Morgan fingerprint density at radius 2 is 1.79 bits per heavy atom. The molecule has 9 nitrogen and oxygen atoms in total. The van der Waals surface area contributed by atoms with E-state index in [0.29, 0.717) is 42.7 Å². The first-order valence-corrected chi connectivity index (χ1v) is 13.8. The molecule has 0 aliphatic carbocycles. The van der Waals surface area contributed by atoms with E-state index in [2.05, 4.69) is 15.5 Å². The van der Waals surface area contributed by atoms with Gasteiger partial charge in [0.25, 0.3) is 0 Å². The van der Waals surface area contributed by atoms with Gasteiger partial charge in [-0.3, -0.25) is 4.79 Å². The summed E-state index contributed by atoms with van der Waals surface area (Å²) in [4.78, 5) is 15.0. The molecule has 0 saturated carbocycles. The van der Waals surface area contributed by atoms with Gasteiger partial charge in [-0.2, -0.15) is 4.31 Å². The van der Waals surface area contributed by atoms with Crippen molar-refractivity contribution in [3.8, 4) is 0 Å². The smallest absolute Gasteiger partial charge is 0.243 e. The zero-order valence-corrected chi connectivity index (χ0v) is 20.3. The molecule has 11 heteroatoms. The fraction of sp³-hybridized carbons (Fsp3) is 0.391. The van der Waals surface area contributed by atoms with Crippen molar-refractivity contribution in [3.63, 3.8) is 0 Å². The fourth-order valence-electron chi connectivity index (χ4n) is 4.41. The summed E-state index contributed by atoms with van der Waals surface area (Å²) in [7, 11) is -3.49. The van der Waals surface area contributed by atoms with Crippen LogP contribution in [0.1, 0.15) is 30.4 Å².